The zero-order valence-electron chi connectivity index (χ0n) is 16.9. The number of hydrogen-bond donors (Lipinski definition) is 1. The van der Waals surface area contributed by atoms with Gasteiger partial charge in [-0.15, -0.1) is 0 Å². The highest BCUT2D eigenvalue weighted by molar-refractivity contribution is 6.01. The van der Waals surface area contributed by atoms with Crippen molar-refractivity contribution in [2.24, 2.45) is 0 Å². The Morgan fingerprint density at radius 3 is 2.63 bits per heavy atom. The van der Waals surface area contributed by atoms with Gasteiger partial charge in [0.15, 0.2) is 6.61 Å². The van der Waals surface area contributed by atoms with Gasteiger partial charge in [-0.2, -0.15) is 5.26 Å². The van der Waals surface area contributed by atoms with Gasteiger partial charge in [0.2, 0.25) is 5.78 Å². The third-order valence-corrected chi connectivity index (χ3v) is 4.67. The van der Waals surface area contributed by atoms with Gasteiger partial charge in [-0.25, -0.2) is 4.79 Å². The Bertz CT molecular complexity index is 1150. The number of methoxy groups -OCH3 is 1. The number of aromatic amines is 1. The van der Waals surface area contributed by atoms with Gasteiger partial charge in [-0.1, -0.05) is 12.1 Å². The van der Waals surface area contributed by atoms with E-state index in [-0.39, 0.29) is 11.4 Å². The number of benzene rings is 1. The quantitative estimate of drug-likeness (QED) is 0.280. The molecule has 0 bridgehead atoms. The summed E-state index contributed by atoms with van der Waals surface area (Å²) >= 11 is 0. The van der Waals surface area contributed by atoms with E-state index in [1.54, 1.807) is 25.4 Å². The van der Waals surface area contributed by atoms with E-state index in [2.05, 4.69) is 4.98 Å². The number of nitrogens with one attached hydrogen (secondary N) is 1. The number of para-hydroxylation sites is 2. The molecule has 0 saturated heterocycles. The first-order valence-electron chi connectivity index (χ1n) is 9.24. The van der Waals surface area contributed by atoms with Crippen molar-refractivity contribution in [2.75, 3.05) is 13.7 Å². The predicted octanol–water partition coefficient (Wildman–Crippen LogP) is 3.76. The van der Waals surface area contributed by atoms with Gasteiger partial charge in [-0.3, -0.25) is 4.79 Å². The number of aryl methyl sites for hydroxylation is 1. The first kappa shape index (κ1) is 20.7. The monoisotopic (exact) mass is 403 g/mol. The van der Waals surface area contributed by atoms with Gasteiger partial charge in [0.1, 0.15) is 17.4 Å². The molecule has 0 radical (unpaired) electrons. The largest absolute Gasteiger partial charge is 0.495 e. The first-order chi connectivity index (χ1) is 14.5. The van der Waals surface area contributed by atoms with Crippen LogP contribution in [0.4, 0.5) is 0 Å². The molecule has 0 aliphatic rings. The molecule has 2 heterocycles. The smallest absolute Gasteiger partial charge is 0.349 e. The molecule has 0 saturated carbocycles. The Morgan fingerprint density at radius 2 is 1.97 bits per heavy atom. The van der Waals surface area contributed by atoms with Crippen LogP contribution in [-0.4, -0.2) is 35.0 Å². The number of H-pyrrole nitrogens is 1. The average molecular weight is 403 g/mol. The lowest BCUT2D eigenvalue weighted by atomic mass is 10.1. The summed E-state index contributed by atoms with van der Waals surface area (Å²) in [5.74, 6) is -0.517. The fraction of sp³-hybridized carbons (Fsp3) is 0.174. The third kappa shape index (κ3) is 4.18. The lowest BCUT2D eigenvalue weighted by Gasteiger charge is -2.13. The molecule has 0 fully saturated rings. The van der Waals surface area contributed by atoms with Crippen LogP contribution in [0.5, 0.6) is 5.75 Å². The number of hydrogen-bond acceptors (Lipinski definition) is 5. The molecule has 7 heteroatoms. The van der Waals surface area contributed by atoms with Crippen molar-refractivity contribution in [2.45, 2.75) is 13.8 Å². The molecule has 7 nitrogen and oxygen atoms in total. The molecular formula is C23H21N3O4. The summed E-state index contributed by atoms with van der Waals surface area (Å²) in [5.41, 5.74) is 3.45. The second kappa shape index (κ2) is 8.97. The van der Waals surface area contributed by atoms with Crippen LogP contribution in [0.25, 0.3) is 11.8 Å². The number of rotatable bonds is 7. The van der Waals surface area contributed by atoms with E-state index in [0.717, 1.165) is 17.1 Å². The molecule has 152 valence electrons. The fourth-order valence-electron chi connectivity index (χ4n) is 3.20. The van der Waals surface area contributed by atoms with Crippen molar-refractivity contribution < 1.29 is 19.1 Å². The molecule has 0 amide bonds. The molecule has 0 spiro atoms. The highest BCUT2D eigenvalue weighted by Crippen LogP contribution is 2.28. The second-order valence-electron chi connectivity index (χ2n) is 6.59. The molecule has 2 aromatic heterocycles. The number of ether oxygens (including phenoxy) is 2. The standard InChI is InChI=1S/C23H21N3O4/c1-15-11-17(16(2)26(15)20-8-4-5-9-22(20)29-3)12-18(13-24)23(28)30-14-21(27)19-7-6-10-25-19/h4-12,25H,14H2,1-3H3/b18-12+. The van der Waals surface area contributed by atoms with Crippen LogP contribution in [0.3, 0.4) is 0 Å². The van der Waals surface area contributed by atoms with Crippen molar-refractivity contribution in [1.29, 1.82) is 5.26 Å². The summed E-state index contributed by atoms with van der Waals surface area (Å²) in [5, 5.41) is 9.44. The summed E-state index contributed by atoms with van der Waals surface area (Å²) in [7, 11) is 1.60. The third-order valence-electron chi connectivity index (χ3n) is 4.67. The molecule has 3 aromatic rings. The van der Waals surface area contributed by atoms with Crippen LogP contribution in [0.1, 0.15) is 27.4 Å². The van der Waals surface area contributed by atoms with E-state index in [9.17, 15) is 14.9 Å². The van der Waals surface area contributed by atoms with Crippen molar-refractivity contribution in [3.05, 3.63) is 76.9 Å². The Hall–Kier alpha value is -4.05. The Morgan fingerprint density at radius 1 is 1.20 bits per heavy atom. The average Bonchev–Trinajstić information content (AvgIpc) is 3.38. The minimum Gasteiger partial charge on any atom is -0.495 e. The van der Waals surface area contributed by atoms with E-state index in [4.69, 9.17) is 9.47 Å². The number of carbonyl (C=O) groups is 2. The summed E-state index contributed by atoms with van der Waals surface area (Å²) in [6.07, 6.45) is 3.07. The molecule has 30 heavy (non-hydrogen) atoms. The van der Waals surface area contributed by atoms with E-state index in [0.29, 0.717) is 17.0 Å². The fourth-order valence-corrected chi connectivity index (χ4v) is 3.20. The van der Waals surface area contributed by atoms with E-state index in [1.165, 1.54) is 6.08 Å². The molecule has 3 rings (SSSR count). The number of esters is 1. The number of Topliss-reactive ketones (excluding diaryl/α,β-unsaturated/α-hetero) is 1. The highest BCUT2D eigenvalue weighted by Gasteiger charge is 2.17. The van der Waals surface area contributed by atoms with Crippen molar-refractivity contribution in [3.8, 4) is 17.5 Å². The van der Waals surface area contributed by atoms with Crippen molar-refractivity contribution in [3.63, 3.8) is 0 Å². The summed E-state index contributed by atoms with van der Waals surface area (Å²) < 4.78 is 12.5. The minimum absolute atomic E-state index is 0.186. The zero-order valence-corrected chi connectivity index (χ0v) is 16.9. The molecule has 0 unspecified atom stereocenters. The molecule has 0 aliphatic carbocycles. The zero-order chi connectivity index (χ0) is 21.7. The normalized spacial score (nSPS) is 11.1. The molecule has 1 aromatic carbocycles. The van der Waals surface area contributed by atoms with Crippen molar-refractivity contribution in [1.82, 2.24) is 9.55 Å². The van der Waals surface area contributed by atoms with Gasteiger partial charge in [-0.05, 0) is 55.8 Å². The lowest BCUT2D eigenvalue weighted by molar-refractivity contribution is -0.137. The van der Waals surface area contributed by atoms with Gasteiger partial charge < -0.3 is 19.0 Å². The van der Waals surface area contributed by atoms with Gasteiger partial charge in [0.05, 0.1) is 18.5 Å². The van der Waals surface area contributed by atoms with Gasteiger partial charge in [0, 0.05) is 17.6 Å². The molecule has 0 atom stereocenters. The summed E-state index contributed by atoms with van der Waals surface area (Å²) in [4.78, 5) is 27.0. The van der Waals surface area contributed by atoms with E-state index < -0.39 is 12.6 Å². The van der Waals surface area contributed by atoms with Gasteiger partial charge >= 0.3 is 5.97 Å². The Balaban J connectivity index is 1.85. The maximum atomic E-state index is 12.3. The van der Waals surface area contributed by atoms with E-state index in [1.807, 2.05) is 54.8 Å². The Kier molecular flexibility index (Phi) is 6.18. The van der Waals surface area contributed by atoms with Crippen LogP contribution in [0.15, 0.2) is 54.2 Å². The van der Waals surface area contributed by atoms with Crippen LogP contribution in [0.2, 0.25) is 0 Å². The molecule has 0 aliphatic heterocycles. The lowest BCUT2D eigenvalue weighted by Crippen LogP contribution is -2.15. The van der Waals surface area contributed by atoms with Gasteiger partial charge in [0.25, 0.3) is 0 Å². The number of aromatic nitrogens is 2. The number of nitriles is 1. The number of ketones is 1. The second-order valence-corrected chi connectivity index (χ2v) is 6.59. The Labute approximate surface area is 174 Å². The van der Waals surface area contributed by atoms with Crippen LogP contribution < -0.4 is 4.74 Å². The first-order valence-corrected chi connectivity index (χ1v) is 9.24. The topological polar surface area (TPSA) is 97.1 Å². The maximum Gasteiger partial charge on any atom is 0.349 e. The highest BCUT2D eigenvalue weighted by atomic mass is 16.5. The summed E-state index contributed by atoms with van der Waals surface area (Å²) in [6.45, 7) is 3.37. The van der Waals surface area contributed by atoms with Crippen LogP contribution in [-0.2, 0) is 9.53 Å². The van der Waals surface area contributed by atoms with Crippen LogP contribution >= 0.6 is 0 Å². The van der Waals surface area contributed by atoms with E-state index >= 15 is 0 Å². The predicted molar refractivity (Wildman–Crippen MR) is 111 cm³/mol. The molecular weight excluding hydrogens is 382 g/mol. The SMILES string of the molecule is COc1ccccc1-n1c(C)cc(/C=C(\C#N)C(=O)OCC(=O)c2ccc[nH]2)c1C. The minimum atomic E-state index is -0.848. The maximum absolute atomic E-state index is 12.3. The van der Waals surface area contributed by atoms with Crippen LogP contribution in [0, 0.1) is 25.2 Å². The number of carbonyl (C=O) groups excluding carboxylic acids is 2. The summed E-state index contributed by atoms with van der Waals surface area (Å²) in [6, 6.07) is 14.6. The molecule has 1 N–H and O–H groups in total. The number of nitrogens with zero attached hydrogens (tertiary/aromatic N) is 2. The van der Waals surface area contributed by atoms with Crippen molar-refractivity contribution >= 4 is 17.8 Å².